The van der Waals surface area contributed by atoms with Crippen LogP contribution in [-0.2, 0) is 5.60 Å². The van der Waals surface area contributed by atoms with Crippen molar-refractivity contribution < 1.29 is 9.47 Å². The highest BCUT2D eigenvalue weighted by Gasteiger charge is 2.53. The third-order valence-corrected chi connectivity index (χ3v) is 5.07. The molecule has 3 heteroatoms. The van der Waals surface area contributed by atoms with E-state index in [0.29, 0.717) is 5.92 Å². The second-order valence-corrected chi connectivity index (χ2v) is 6.29. The summed E-state index contributed by atoms with van der Waals surface area (Å²) < 4.78 is 12.2. The molecule has 114 valence electrons. The van der Waals surface area contributed by atoms with Crippen LogP contribution in [0.4, 0.5) is 0 Å². The van der Waals surface area contributed by atoms with Crippen molar-refractivity contribution in [2.24, 2.45) is 0 Å². The first kappa shape index (κ1) is 13.6. The first-order valence-electron chi connectivity index (χ1n) is 7.84. The molecule has 0 unspecified atom stereocenters. The molecule has 2 heterocycles. The van der Waals surface area contributed by atoms with Gasteiger partial charge in [0.2, 0.25) is 0 Å². The molecule has 2 aromatic rings. The molecule has 4 rings (SSSR count). The molecule has 0 radical (unpaired) electrons. The van der Waals surface area contributed by atoms with Crippen LogP contribution in [0.5, 0.6) is 11.5 Å². The zero-order valence-corrected chi connectivity index (χ0v) is 13.1. The van der Waals surface area contributed by atoms with E-state index in [1.54, 1.807) is 7.11 Å². The van der Waals surface area contributed by atoms with Crippen molar-refractivity contribution in [3.8, 4) is 11.5 Å². The van der Waals surface area contributed by atoms with Crippen LogP contribution in [0.15, 0.2) is 48.5 Å². The molecule has 2 aliphatic rings. The van der Waals surface area contributed by atoms with Crippen LogP contribution in [0.1, 0.15) is 23.5 Å². The molecule has 2 aromatic carbocycles. The van der Waals surface area contributed by atoms with Crippen LogP contribution in [0, 0.1) is 0 Å². The highest BCUT2D eigenvalue weighted by atomic mass is 16.5. The highest BCUT2D eigenvalue weighted by Crippen LogP contribution is 2.55. The summed E-state index contributed by atoms with van der Waals surface area (Å²) in [5, 5.41) is 0. The normalized spacial score (nSPS) is 26.9. The van der Waals surface area contributed by atoms with Crippen molar-refractivity contribution in [1.29, 1.82) is 0 Å². The summed E-state index contributed by atoms with van der Waals surface area (Å²) in [5.74, 6) is 2.29. The number of rotatable bonds is 2. The standard InChI is InChI=1S/C19H21NO2/c1-20-12-11-19(15-8-4-6-10-18(15)21-2)16(13-20)14-7-3-5-9-17(14)22-19/h3-10,16H,11-13H2,1-2H3/t16-,19+/m0/s1. The van der Waals surface area contributed by atoms with Gasteiger partial charge < -0.3 is 14.4 Å². The fourth-order valence-corrected chi connectivity index (χ4v) is 3.98. The zero-order valence-electron chi connectivity index (χ0n) is 13.1. The lowest BCUT2D eigenvalue weighted by molar-refractivity contribution is 0.00521. The van der Waals surface area contributed by atoms with Gasteiger partial charge in [0.25, 0.3) is 0 Å². The van der Waals surface area contributed by atoms with Gasteiger partial charge in [0.15, 0.2) is 0 Å². The van der Waals surface area contributed by atoms with Gasteiger partial charge in [-0.15, -0.1) is 0 Å². The number of para-hydroxylation sites is 2. The fourth-order valence-electron chi connectivity index (χ4n) is 3.98. The third kappa shape index (κ3) is 1.85. The van der Waals surface area contributed by atoms with Gasteiger partial charge in [-0.1, -0.05) is 36.4 Å². The van der Waals surface area contributed by atoms with Gasteiger partial charge in [-0.25, -0.2) is 0 Å². The van der Waals surface area contributed by atoms with E-state index in [4.69, 9.17) is 9.47 Å². The molecule has 0 saturated carbocycles. The number of piperidine rings is 1. The Hall–Kier alpha value is -2.00. The van der Waals surface area contributed by atoms with Crippen LogP contribution in [0.3, 0.4) is 0 Å². The van der Waals surface area contributed by atoms with E-state index in [-0.39, 0.29) is 5.60 Å². The highest BCUT2D eigenvalue weighted by molar-refractivity contribution is 5.50. The maximum atomic E-state index is 6.57. The number of fused-ring (bicyclic) bond motifs is 3. The largest absolute Gasteiger partial charge is 0.496 e. The van der Waals surface area contributed by atoms with E-state index in [9.17, 15) is 0 Å². The number of likely N-dealkylation sites (tertiary alicyclic amines) is 1. The van der Waals surface area contributed by atoms with E-state index in [1.165, 1.54) is 11.1 Å². The first-order valence-corrected chi connectivity index (χ1v) is 7.84. The average molecular weight is 295 g/mol. The average Bonchev–Trinajstić information content (AvgIpc) is 2.90. The molecule has 0 spiro atoms. The van der Waals surface area contributed by atoms with Gasteiger partial charge in [0, 0.05) is 36.6 Å². The van der Waals surface area contributed by atoms with Crippen LogP contribution >= 0.6 is 0 Å². The molecule has 1 saturated heterocycles. The molecule has 0 aliphatic carbocycles. The number of methoxy groups -OCH3 is 1. The summed E-state index contributed by atoms with van der Waals surface area (Å²) in [7, 11) is 3.93. The summed E-state index contributed by atoms with van der Waals surface area (Å²) in [6.45, 7) is 2.04. The van der Waals surface area contributed by atoms with Crippen molar-refractivity contribution in [2.45, 2.75) is 17.9 Å². The first-order chi connectivity index (χ1) is 10.7. The minimum absolute atomic E-state index is 0.303. The molecule has 1 fully saturated rings. The van der Waals surface area contributed by atoms with Crippen molar-refractivity contribution in [3.05, 3.63) is 59.7 Å². The van der Waals surface area contributed by atoms with Gasteiger partial charge in [-0.2, -0.15) is 0 Å². The number of nitrogens with zero attached hydrogens (tertiary/aromatic N) is 1. The van der Waals surface area contributed by atoms with Crippen LogP contribution < -0.4 is 9.47 Å². The molecule has 0 bridgehead atoms. The lowest BCUT2D eigenvalue weighted by Gasteiger charge is -2.42. The molecule has 2 aliphatic heterocycles. The summed E-state index contributed by atoms with van der Waals surface area (Å²) >= 11 is 0. The Kier molecular flexibility index (Phi) is 3.12. The van der Waals surface area contributed by atoms with Crippen molar-refractivity contribution in [3.63, 3.8) is 0 Å². The van der Waals surface area contributed by atoms with Crippen LogP contribution in [-0.4, -0.2) is 32.1 Å². The zero-order chi connectivity index (χ0) is 15.2. The van der Waals surface area contributed by atoms with Crippen LogP contribution in [0.2, 0.25) is 0 Å². The molecule has 2 atom stereocenters. The van der Waals surface area contributed by atoms with Gasteiger partial charge in [0.1, 0.15) is 17.1 Å². The fraction of sp³-hybridized carbons (Fsp3) is 0.368. The Morgan fingerprint density at radius 3 is 2.77 bits per heavy atom. The molecular weight excluding hydrogens is 274 g/mol. The van der Waals surface area contributed by atoms with E-state index < -0.39 is 0 Å². The molecular formula is C19H21NO2. The van der Waals surface area contributed by atoms with Gasteiger partial charge in [-0.3, -0.25) is 0 Å². The number of ether oxygens (including phenoxy) is 2. The van der Waals surface area contributed by atoms with E-state index in [1.807, 2.05) is 12.1 Å². The Morgan fingerprint density at radius 2 is 1.91 bits per heavy atom. The maximum Gasteiger partial charge on any atom is 0.147 e. The SMILES string of the molecule is COc1ccccc1[C@]12CCN(C)C[C@H]1c1ccccc1O2. The predicted molar refractivity (Wildman–Crippen MR) is 86.6 cm³/mol. The van der Waals surface area contributed by atoms with Gasteiger partial charge in [0.05, 0.1) is 7.11 Å². The number of likely N-dealkylation sites (N-methyl/N-ethyl adjacent to an activating group) is 1. The summed E-state index contributed by atoms with van der Waals surface area (Å²) in [6.07, 6.45) is 0.975. The number of hydrogen-bond acceptors (Lipinski definition) is 3. The number of hydrogen-bond donors (Lipinski definition) is 0. The predicted octanol–water partition coefficient (Wildman–Crippen LogP) is 3.40. The van der Waals surface area contributed by atoms with Crippen LogP contribution in [0.25, 0.3) is 0 Å². The second-order valence-electron chi connectivity index (χ2n) is 6.29. The summed E-state index contributed by atoms with van der Waals surface area (Å²) in [6, 6.07) is 16.7. The molecule has 0 amide bonds. The lowest BCUT2D eigenvalue weighted by atomic mass is 9.74. The quantitative estimate of drug-likeness (QED) is 0.847. The second kappa shape index (κ2) is 5.03. The van der Waals surface area contributed by atoms with E-state index in [0.717, 1.165) is 31.0 Å². The van der Waals surface area contributed by atoms with Crippen molar-refractivity contribution >= 4 is 0 Å². The molecule has 22 heavy (non-hydrogen) atoms. The Balaban J connectivity index is 1.89. The monoisotopic (exact) mass is 295 g/mol. The Labute approximate surface area is 131 Å². The van der Waals surface area contributed by atoms with Gasteiger partial charge >= 0.3 is 0 Å². The molecule has 0 aromatic heterocycles. The topological polar surface area (TPSA) is 21.7 Å². The summed E-state index contributed by atoms with van der Waals surface area (Å²) in [4.78, 5) is 2.39. The Bertz CT molecular complexity index is 699. The van der Waals surface area contributed by atoms with Gasteiger partial charge in [-0.05, 0) is 19.2 Å². The molecule has 0 N–H and O–H groups in total. The van der Waals surface area contributed by atoms with E-state index >= 15 is 0 Å². The third-order valence-electron chi connectivity index (χ3n) is 5.07. The maximum absolute atomic E-state index is 6.57. The van der Waals surface area contributed by atoms with E-state index in [2.05, 4.69) is 48.3 Å². The minimum atomic E-state index is -0.303. The Morgan fingerprint density at radius 1 is 1.14 bits per heavy atom. The number of benzene rings is 2. The van der Waals surface area contributed by atoms with Crippen molar-refractivity contribution in [1.82, 2.24) is 4.90 Å². The molecule has 3 nitrogen and oxygen atoms in total. The lowest BCUT2D eigenvalue weighted by Crippen LogP contribution is -2.47. The summed E-state index contributed by atoms with van der Waals surface area (Å²) in [5.41, 5.74) is 2.19. The smallest absolute Gasteiger partial charge is 0.147 e. The van der Waals surface area contributed by atoms with Crippen molar-refractivity contribution in [2.75, 3.05) is 27.2 Å². The minimum Gasteiger partial charge on any atom is -0.496 e.